The van der Waals surface area contributed by atoms with Gasteiger partial charge in [-0.3, -0.25) is 4.68 Å². The van der Waals surface area contributed by atoms with Crippen LogP contribution in [0.1, 0.15) is 35.0 Å². The summed E-state index contributed by atoms with van der Waals surface area (Å²) < 4.78 is 36.4. The quantitative estimate of drug-likeness (QED) is 0.742. The van der Waals surface area contributed by atoms with Crippen molar-refractivity contribution in [3.05, 3.63) is 40.7 Å². The van der Waals surface area contributed by atoms with Gasteiger partial charge in [-0.15, -0.1) is 0 Å². The maximum Gasteiger partial charge on any atom is 0.152 e. The second-order valence-electron chi connectivity index (χ2n) is 7.64. The number of ether oxygens (including phenoxy) is 2. The van der Waals surface area contributed by atoms with Gasteiger partial charge in [0.25, 0.3) is 0 Å². The molecule has 0 spiro atoms. The lowest BCUT2D eigenvalue weighted by Gasteiger charge is -2.17. The highest BCUT2D eigenvalue weighted by Gasteiger charge is 2.31. The Kier molecular flexibility index (Phi) is 6.00. The van der Waals surface area contributed by atoms with Crippen LogP contribution in [0.2, 0.25) is 0 Å². The van der Waals surface area contributed by atoms with Crippen molar-refractivity contribution in [2.45, 2.75) is 39.4 Å². The van der Waals surface area contributed by atoms with Crippen LogP contribution in [0.15, 0.2) is 18.2 Å². The fourth-order valence-corrected chi connectivity index (χ4v) is 5.68. The first-order valence-corrected chi connectivity index (χ1v) is 11.3. The van der Waals surface area contributed by atoms with E-state index in [1.807, 2.05) is 36.7 Å². The molecule has 0 aliphatic carbocycles. The molecule has 1 fully saturated rings. The lowest BCUT2D eigenvalue weighted by Crippen LogP contribution is -3.06. The Morgan fingerprint density at radius 2 is 1.96 bits per heavy atom. The second kappa shape index (κ2) is 8.13. The molecule has 2 aromatic rings. The van der Waals surface area contributed by atoms with E-state index in [4.69, 9.17) is 9.47 Å². The number of aryl methyl sites for hydroxylation is 1. The predicted octanol–water partition coefficient (Wildman–Crippen LogP) is 1.09. The maximum absolute atomic E-state index is 11.8. The van der Waals surface area contributed by atoms with Gasteiger partial charge in [0.2, 0.25) is 0 Å². The zero-order valence-corrected chi connectivity index (χ0v) is 18.1. The van der Waals surface area contributed by atoms with Crippen molar-refractivity contribution in [3.8, 4) is 11.5 Å². The summed E-state index contributed by atoms with van der Waals surface area (Å²) >= 11 is 0. The molecule has 1 N–H and O–H groups in total. The van der Waals surface area contributed by atoms with Crippen molar-refractivity contribution >= 4 is 9.84 Å². The molecule has 28 heavy (non-hydrogen) atoms. The number of quaternary nitrogens is 1. The Labute approximate surface area is 167 Å². The highest BCUT2D eigenvalue weighted by Crippen LogP contribution is 2.27. The minimum absolute atomic E-state index is 0.0452. The van der Waals surface area contributed by atoms with Crippen molar-refractivity contribution in [1.82, 2.24) is 9.78 Å². The molecule has 1 aliphatic heterocycles. The van der Waals surface area contributed by atoms with Gasteiger partial charge in [-0.05, 0) is 38.5 Å². The molecule has 0 radical (unpaired) electrons. The molecule has 1 aromatic heterocycles. The van der Waals surface area contributed by atoms with E-state index in [2.05, 4.69) is 12.1 Å². The van der Waals surface area contributed by atoms with Crippen LogP contribution in [0.5, 0.6) is 11.5 Å². The van der Waals surface area contributed by atoms with Crippen LogP contribution in [0.4, 0.5) is 0 Å². The third kappa shape index (κ3) is 4.33. The van der Waals surface area contributed by atoms with Gasteiger partial charge in [-0.2, -0.15) is 5.10 Å². The molecule has 1 aromatic carbocycles. The average molecular weight is 409 g/mol. The molecule has 0 bridgehead atoms. The van der Waals surface area contributed by atoms with E-state index >= 15 is 0 Å². The molecule has 1 unspecified atom stereocenters. The van der Waals surface area contributed by atoms with Gasteiger partial charge in [0.1, 0.15) is 24.6 Å². The third-order valence-corrected chi connectivity index (χ3v) is 7.24. The van der Waals surface area contributed by atoms with Crippen LogP contribution in [0, 0.1) is 13.8 Å². The van der Waals surface area contributed by atoms with Crippen LogP contribution in [-0.4, -0.2) is 51.0 Å². The lowest BCUT2D eigenvalue weighted by molar-refractivity contribution is -0.907. The molecule has 0 saturated carbocycles. The molecule has 1 saturated heterocycles. The molecule has 2 heterocycles. The molecule has 1 aliphatic rings. The van der Waals surface area contributed by atoms with Gasteiger partial charge in [0.15, 0.2) is 9.84 Å². The number of nitrogens with zero attached hydrogens (tertiary/aromatic N) is 2. The van der Waals surface area contributed by atoms with E-state index in [0.29, 0.717) is 6.42 Å². The Morgan fingerprint density at radius 3 is 2.57 bits per heavy atom. The first-order chi connectivity index (χ1) is 13.2. The van der Waals surface area contributed by atoms with E-state index in [0.717, 1.165) is 41.5 Å². The van der Waals surface area contributed by atoms with Crippen LogP contribution in [-0.2, 0) is 22.9 Å². The minimum atomic E-state index is -2.93. The Hall–Kier alpha value is -2.06. The molecule has 3 rings (SSSR count). The zero-order chi connectivity index (χ0) is 20.5. The number of methoxy groups -OCH3 is 2. The summed E-state index contributed by atoms with van der Waals surface area (Å²) in [5, 5.41) is 4.67. The zero-order valence-electron chi connectivity index (χ0n) is 17.3. The van der Waals surface area contributed by atoms with Gasteiger partial charge in [0.05, 0.1) is 55.6 Å². The maximum atomic E-state index is 11.8. The van der Waals surface area contributed by atoms with Crippen LogP contribution in [0.25, 0.3) is 0 Å². The summed E-state index contributed by atoms with van der Waals surface area (Å²) in [4.78, 5) is 1.29. The van der Waals surface area contributed by atoms with E-state index in [9.17, 15) is 8.42 Å². The topological polar surface area (TPSA) is 74.9 Å². The number of rotatable bonds is 7. The Morgan fingerprint density at radius 1 is 1.21 bits per heavy atom. The number of hydrogen-bond donors (Lipinski definition) is 1. The fraction of sp³-hybridized carbons (Fsp3) is 0.550. The fourth-order valence-electron chi connectivity index (χ4n) is 3.99. The van der Waals surface area contributed by atoms with Gasteiger partial charge >= 0.3 is 0 Å². The van der Waals surface area contributed by atoms with Gasteiger partial charge in [0, 0.05) is 5.69 Å². The number of aromatic nitrogens is 2. The van der Waals surface area contributed by atoms with Crippen molar-refractivity contribution in [1.29, 1.82) is 0 Å². The second-order valence-corrected chi connectivity index (χ2v) is 9.87. The standard InChI is InChI=1S/C20H29N3O4S/c1-14-19(15(2)23(21-14)17-8-9-28(24,25)13-17)12-22(3)11-16-10-18(26-4)6-7-20(16)27-5/h6-7,10,17H,8-9,11-13H2,1-5H3/p+1/t17-/m1/s1. The average Bonchev–Trinajstić information content (AvgIpc) is 3.15. The highest BCUT2D eigenvalue weighted by atomic mass is 32.2. The molecule has 7 nitrogen and oxygen atoms in total. The smallest absolute Gasteiger partial charge is 0.152 e. The summed E-state index contributed by atoms with van der Waals surface area (Å²) in [6.45, 7) is 5.63. The summed E-state index contributed by atoms with van der Waals surface area (Å²) in [7, 11) is 2.53. The summed E-state index contributed by atoms with van der Waals surface area (Å²) in [6, 6.07) is 5.79. The summed E-state index contributed by atoms with van der Waals surface area (Å²) in [6.07, 6.45) is 0.646. The first kappa shape index (κ1) is 20.7. The van der Waals surface area contributed by atoms with Crippen LogP contribution < -0.4 is 14.4 Å². The highest BCUT2D eigenvalue weighted by molar-refractivity contribution is 7.91. The number of sulfone groups is 1. The number of benzene rings is 1. The van der Waals surface area contributed by atoms with Gasteiger partial charge in [-0.1, -0.05) is 0 Å². The Balaban J connectivity index is 1.77. The summed E-state index contributed by atoms with van der Waals surface area (Å²) in [5.74, 6) is 2.11. The van der Waals surface area contributed by atoms with E-state index in [1.165, 1.54) is 10.5 Å². The van der Waals surface area contributed by atoms with Gasteiger partial charge in [-0.25, -0.2) is 8.42 Å². The Bertz CT molecular complexity index is 953. The largest absolute Gasteiger partial charge is 0.497 e. The molecular formula is C20H30N3O4S+. The third-order valence-electron chi connectivity index (χ3n) is 5.49. The minimum Gasteiger partial charge on any atom is -0.497 e. The molecule has 154 valence electrons. The number of nitrogens with one attached hydrogen (secondary N) is 1. The van der Waals surface area contributed by atoms with E-state index < -0.39 is 9.84 Å². The van der Waals surface area contributed by atoms with Crippen molar-refractivity contribution < 1.29 is 22.8 Å². The number of hydrogen-bond acceptors (Lipinski definition) is 5. The molecule has 8 heteroatoms. The SMILES string of the molecule is COc1ccc(OC)c(C[NH+](C)Cc2c(C)nn([C@@H]3CCS(=O)(=O)C3)c2C)c1. The molecule has 0 amide bonds. The lowest BCUT2D eigenvalue weighted by atomic mass is 10.1. The van der Waals surface area contributed by atoms with Gasteiger partial charge < -0.3 is 14.4 Å². The van der Waals surface area contributed by atoms with Crippen LogP contribution >= 0.6 is 0 Å². The molecule has 2 atom stereocenters. The van der Waals surface area contributed by atoms with Crippen molar-refractivity contribution in [2.24, 2.45) is 0 Å². The van der Waals surface area contributed by atoms with E-state index in [1.54, 1.807) is 14.2 Å². The van der Waals surface area contributed by atoms with E-state index in [-0.39, 0.29) is 17.5 Å². The van der Waals surface area contributed by atoms with Crippen molar-refractivity contribution in [3.63, 3.8) is 0 Å². The normalized spacial score (nSPS) is 19.5. The monoisotopic (exact) mass is 408 g/mol. The summed E-state index contributed by atoms with van der Waals surface area (Å²) in [5.41, 5.74) is 4.31. The van der Waals surface area contributed by atoms with Crippen LogP contribution in [0.3, 0.4) is 0 Å². The molecular weight excluding hydrogens is 378 g/mol. The predicted molar refractivity (Wildman–Crippen MR) is 108 cm³/mol. The van der Waals surface area contributed by atoms with Crippen molar-refractivity contribution in [2.75, 3.05) is 32.8 Å². The first-order valence-electron chi connectivity index (χ1n) is 9.51.